The Morgan fingerprint density at radius 1 is 0.852 bits per heavy atom. The van der Waals surface area contributed by atoms with Crippen molar-refractivity contribution in [3.8, 4) is 40.1 Å². The molecule has 0 bridgehead atoms. The summed E-state index contributed by atoms with van der Waals surface area (Å²) in [4.78, 5) is 21.4. The molecule has 0 amide bonds. The summed E-state index contributed by atoms with van der Waals surface area (Å²) in [5.41, 5.74) is 3.87. The lowest BCUT2D eigenvalue weighted by Gasteiger charge is -2.10. The number of nitrogens with one attached hydrogen (secondary N) is 2. The zero-order valence-corrected chi connectivity index (χ0v) is 14.1. The summed E-state index contributed by atoms with van der Waals surface area (Å²) in [5, 5.41) is 7.07. The standard InChI is InChI=1S/C19H14N8/c1-2-7-23-16(5-1)27-18(15-12-20-10-11-22-15)17(13-6-9-24-26-13)25-19(27)14-4-3-8-21-14/h1-12,21H,(H,24,26). The van der Waals surface area contributed by atoms with Crippen molar-refractivity contribution in [3.63, 3.8) is 0 Å². The SMILES string of the molecule is c1ccc(-n2c(-c3ccc[nH]3)nc(-c3ccn[nH]3)c2-c2cnccn2)nc1. The molecule has 130 valence electrons. The van der Waals surface area contributed by atoms with E-state index in [2.05, 4.69) is 30.1 Å². The van der Waals surface area contributed by atoms with E-state index in [9.17, 15) is 0 Å². The zero-order valence-electron chi connectivity index (χ0n) is 14.1. The molecule has 0 saturated carbocycles. The minimum Gasteiger partial charge on any atom is -0.359 e. The van der Waals surface area contributed by atoms with Gasteiger partial charge in [-0.15, -0.1) is 0 Å². The maximum Gasteiger partial charge on any atom is 0.163 e. The molecule has 0 aliphatic carbocycles. The highest BCUT2D eigenvalue weighted by Crippen LogP contribution is 2.35. The monoisotopic (exact) mass is 354 g/mol. The molecule has 0 aliphatic rings. The summed E-state index contributed by atoms with van der Waals surface area (Å²) in [5.74, 6) is 1.46. The smallest absolute Gasteiger partial charge is 0.163 e. The van der Waals surface area contributed by atoms with Gasteiger partial charge in [0.05, 0.1) is 17.6 Å². The van der Waals surface area contributed by atoms with Crippen molar-refractivity contribution in [2.75, 3.05) is 0 Å². The van der Waals surface area contributed by atoms with Crippen molar-refractivity contribution in [3.05, 3.63) is 73.6 Å². The molecule has 0 unspecified atom stereocenters. The fourth-order valence-corrected chi connectivity index (χ4v) is 3.01. The molecule has 27 heavy (non-hydrogen) atoms. The predicted octanol–water partition coefficient (Wildman–Crippen LogP) is 3.11. The number of aromatic nitrogens is 8. The maximum absolute atomic E-state index is 4.90. The van der Waals surface area contributed by atoms with Gasteiger partial charge in [-0.1, -0.05) is 6.07 Å². The lowest BCUT2D eigenvalue weighted by Crippen LogP contribution is -2.03. The first-order chi connectivity index (χ1) is 13.4. The van der Waals surface area contributed by atoms with Gasteiger partial charge in [0, 0.05) is 31.0 Å². The Morgan fingerprint density at radius 3 is 2.56 bits per heavy atom. The van der Waals surface area contributed by atoms with Crippen molar-refractivity contribution in [2.45, 2.75) is 0 Å². The highest BCUT2D eigenvalue weighted by atomic mass is 15.2. The number of pyridine rings is 1. The molecule has 0 radical (unpaired) electrons. The van der Waals surface area contributed by atoms with E-state index < -0.39 is 0 Å². The number of aromatic amines is 2. The van der Waals surface area contributed by atoms with Crippen LogP contribution in [-0.2, 0) is 0 Å². The van der Waals surface area contributed by atoms with Gasteiger partial charge in [-0.2, -0.15) is 5.10 Å². The minimum atomic E-state index is 0.693. The first-order valence-corrected chi connectivity index (χ1v) is 8.36. The van der Waals surface area contributed by atoms with Crippen LogP contribution in [0.2, 0.25) is 0 Å². The summed E-state index contributed by atoms with van der Waals surface area (Å²) >= 11 is 0. The Balaban J connectivity index is 1.89. The van der Waals surface area contributed by atoms with Gasteiger partial charge in [0.1, 0.15) is 22.9 Å². The largest absolute Gasteiger partial charge is 0.359 e. The molecule has 5 heterocycles. The van der Waals surface area contributed by atoms with E-state index in [1.165, 1.54) is 0 Å². The highest BCUT2D eigenvalue weighted by molar-refractivity contribution is 5.80. The summed E-state index contributed by atoms with van der Waals surface area (Å²) < 4.78 is 1.98. The Hall–Kier alpha value is -4.07. The van der Waals surface area contributed by atoms with Crippen LogP contribution in [0.1, 0.15) is 0 Å². The van der Waals surface area contributed by atoms with Crippen LogP contribution in [-0.4, -0.2) is 39.7 Å². The Labute approximate surface area is 154 Å². The molecule has 5 aromatic rings. The van der Waals surface area contributed by atoms with Crippen molar-refractivity contribution >= 4 is 0 Å². The molecule has 8 heteroatoms. The number of hydrogen-bond acceptors (Lipinski definition) is 5. The van der Waals surface area contributed by atoms with Crippen LogP contribution in [0.4, 0.5) is 0 Å². The predicted molar refractivity (Wildman–Crippen MR) is 99.8 cm³/mol. The molecule has 5 aromatic heterocycles. The molecule has 0 spiro atoms. The fraction of sp³-hybridized carbons (Fsp3) is 0. The Kier molecular flexibility index (Phi) is 3.57. The van der Waals surface area contributed by atoms with E-state index in [4.69, 9.17) is 4.98 Å². The number of rotatable bonds is 4. The maximum atomic E-state index is 4.90. The third-order valence-corrected chi connectivity index (χ3v) is 4.16. The third kappa shape index (κ3) is 2.60. The van der Waals surface area contributed by atoms with Gasteiger partial charge in [-0.05, 0) is 30.3 Å². The number of nitrogens with zero attached hydrogens (tertiary/aromatic N) is 6. The van der Waals surface area contributed by atoms with Gasteiger partial charge in [-0.3, -0.25) is 19.6 Å². The average Bonchev–Trinajstić information content (AvgIpc) is 3.49. The van der Waals surface area contributed by atoms with E-state index in [1.54, 1.807) is 31.0 Å². The number of H-pyrrole nitrogens is 2. The van der Waals surface area contributed by atoms with Crippen LogP contribution in [0.15, 0.2) is 73.6 Å². The minimum absolute atomic E-state index is 0.693. The van der Waals surface area contributed by atoms with Crippen LogP contribution < -0.4 is 0 Å². The molecule has 0 aromatic carbocycles. The number of hydrogen-bond donors (Lipinski definition) is 2. The average molecular weight is 354 g/mol. The van der Waals surface area contributed by atoms with Gasteiger partial charge in [0.25, 0.3) is 0 Å². The third-order valence-electron chi connectivity index (χ3n) is 4.16. The molecule has 0 saturated heterocycles. The Morgan fingerprint density at radius 2 is 1.85 bits per heavy atom. The van der Waals surface area contributed by atoms with Gasteiger partial charge in [0.15, 0.2) is 5.82 Å². The van der Waals surface area contributed by atoms with E-state index in [-0.39, 0.29) is 0 Å². The van der Waals surface area contributed by atoms with Gasteiger partial charge >= 0.3 is 0 Å². The first-order valence-electron chi connectivity index (χ1n) is 8.36. The summed E-state index contributed by atoms with van der Waals surface area (Å²) in [6.07, 6.45) is 10.3. The molecule has 2 N–H and O–H groups in total. The molecular formula is C19H14N8. The second-order valence-electron chi connectivity index (χ2n) is 5.80. The molecule has 0 fully saturated rings. The lowest BCUT2D eigenvalue weighted by molar-refractivity contribution is 0.992. The highest BCUT2D eigenvalue weighted by Gasteiger charge is 2.24. The second-order valence-corrected chi connectivity index (χ2v) is 5.80. The van der Waals surface area contributed by atoms with Gasteiger partial charge in [0.2, 0.25) is 0 Å². The van der Waals surface area contributed by atoms with E-state index >= 15 is 0 Å². The van der Waals surface area contributed by atoms with Crippen LogP contribution in [0, 0.1) is 0 Å². The molecule has 5 rings (SSSR count). The first kappa shape index (κ1) is 15.2. The van der Waals surface area contributed by atoms with E-state index in [0.29, 0.717) is 5.69 Å². The van der Waals surface area contributed by atoms with Crippen LogP contribution in [0.25, 0.3) is 40.1 Å². The summed E-state index contributed by atoms with van der Waals surface area (Å²) in [6, 6.07) is 11.5. The topological polar surface area (TPSA) is 101 Å². The van der Waals surface area contributed by atoms with Crippen LogP contribution >= 0.6 is 0 Å². The fourth-order valence-electron chi connectivity index (χ4n) is 3.01. The van der Waals surface area contributed by atoms with Crippen LogP contribution in [0.5, 0.6) is 0 Å². The summed E-state index contributed by atoms with van der Waals surface area (Å²) in [6.45, 7) is 0. The van der Waals surface area contributed by atoms with Crippen molar-refractivity contribution in [2.24, 2.45) is 0 Å². The normalized spacial score (nSPS) is 11.0. The Bertz CT molecular complexity index is 1050. The van der Waals surface area contributed by atoms with Crippen LogP contribution in [0.3, 0.4) is 0 Å². The zero-order chi connectivity index (χ0) is 18.1. The van der Waals surface area contributed by atoms with Crippen molar-refractivity contribution in [1.29, 1.82) is 0 Å². The molecule has 0 atom stereocenters. The molecular weight excluding hydrogens is 340 g/mol. The quantitative estimate of drug-likeness (QED) is 0.516. The van der Waals surface area contributed by atoms with E-state index in [0.717, 1.165) is 34.4 Å². The van der Waals surface area contributed by atoms with E-state index in [1.807, 2.05) is 47.2 Å². The van der Waals surface area contributed by atoms with Gasteiger partial charge < -0.3 is 4.98 Å². The van der Waals surface area contributed by atoms with Gasteiger partial charge in [-0.25, -0.2) is 9.97 Å². The second kappa shape index (κ2) is 6.34. The summed E-state index contributed by atoms with van der Waals surface area (Å²) in [7, 11) is 0. The van der Waals surface area contributed by atoms with Crippen molar-refractivity contribution < 1.29 is 0 Å². The molecule has 0 aliphatic heterocycles. The van der Waals surface area contributed by atoms with Crippen molar-refractivity contribution in [1.82, 2.24) is 39.7 Å². The molecule has 8 nitrogen and oxygen atoms in total. The number of imidazole rings is 1. The lowest BCUT2D eigenvalue weighted by atomic mass is 10.2.